The number of aliphatic hydroxyl groups excluding tert-OH is 1. The van der Waals surface area contributed by atoms with Gasteiger partial charge in [0.2, 0.25) is 5.91 Å². The molecule has 0 aliphatic carbocycles. The number of β-amino-alcohol motifs (C(OH)–C–C–N with tert-alkyl or cyclic N) is 1. The molecular weight excluding hydrogens is 430 g/mol. The van der Waals surface area contributed by atoms with Crippen LogP contribution in [-0.2, 0) is 24.2 Å². The van der Waals surface area contributed by atoms with Gasteiger partial charge in [0, 0.05) is 51.4 Å². The predicted octanol–water partition coefficient (Wildman–Crippen LogP) is 1.67. The fourth-order valence-corrected chi connectivity index (χ4v) is 4.68. The maximum Gasteiger partial charge on any atom is 0.270 e. The molecule has 1 saturated heterocycles. The monoisotopic (exact) mass is 465 g/mol. The van der Waals surface area contributed by atoms with E-state index < -0.39 is 6.10 Å². The average molecular weight is 466 g/mol. The fourth-order valence-electron chi connectivity index (χ4n) is 4.68. The summed E-state index contributed by atoms with van der Waals surface area (Å²) in [4.78, 5) is 37.2. The van der Waals surface area contributed by atoms with E-state index in [2.05, 4.69) is 52.2 Å². The van der Waals surface area contributed by atoms with Crippen molar-refractivity contribution in [2.45, 2.75) is 45.8 Å². The first-order chi connectivity index (χ1) is 16.4. The Morgan fingerprint density at radius 3 is 2.71 bits per heavy atom. The highest BCUT2D eigenvalue weighted by Gasteiger charge is 2.31. The summed E-state index contributed by atoms with van der Waals surface area (Å²) in [6.07, 6.45) is 3.03. The van der Waals surface area contributed by atoms with Crippen molar-refractivity contribution in [3.63, 3.8) is 0 Å². The summed E-state index contributed by atoms with van der Waals surface area (Å²) in [7, 11) is 0. The lowest BCUT2D eigenvalue weighted by atomic mass is 9.93. The lowest BCUT2D eigenvalue weighted by Gasteiger charge is -2.39. The minimum absolute atomic E-state index is 0.172. The summed E-state index contributed by atoms with van der Waals surface area (Å²) in [6, 6.07) is 10.1. The fraction of sp³-hybridized carbons (Fsp3) is 0.538. The molecule has 182 valence electrons. The Labute approximate surface area is 201 Å². The molecule has 34 heavy (non-hydrogen) atoms. The average Bonchev–Trinajstić information content (AvgIpc) is 2.79. The standard InChI is InChI=1S/C26H35N5O3/c1-18(2)9-25(33)31-13-19(14-31)10-22-11-24(29-17-28-22)26(34)27-12-23(32)16-30-8-7-20-5-3-4-6-21(20)15-30/h3-6,11,17-19,23,32H,7-10,12-16H2,1-2H3,(H,27,34)/t23-/m0/s1. The summed E-state index contributed by atoms with van der Waals surface area (Å²) >= 11 is 0. The van der Waals surface area contributed by atoms with Crippen molar-refractivity contribution in [2.75, 3.05) is 32.7 Å². The normalized spacial score (nSPS) is 17.2. The minimum Gasteiger partial charge on any atom is -0.390 e. The molecule has 1 aromatic heterocycles. The molecule has 0 spiro atoms. The number of carbonyl (C=O) groups is 2. The van der Waals surface area contributed by atoms with Gasteiger partial charge < -0.3 is 15.3 Å². The third-order valence-electron chi connectivity index (χ3n) is 6.52. The molecule has 0 unspecified atom stereocenters. The molecule has 2 aliphatic rings. The zero-order valence-corrected chi connectivity index (χ0v) is 20.1. The molecule has 8 nitrogen and oxygen atoms in total. The molecule has 0 bridgehead atoms. The van der Waals surface area contributed by atoms with Gasteiger partial charge >= 0.3 is 0 Å². The number of benzene rings is 1. The molecule has 1 fully saturated rings. The highest BCUT2D eigenvalue weighted by Crippen LogP contribution is 2.22. The Bertz CT molecular complexity index is 1010. The van der Waals surface area contributed by atoms with Crippen LogP contribution in [0.1, 0.15) is 47.6 Å². The molecule has 0 radical (unpaired) electrons. The Morgan fingerprint density at radius 2 is 1.94 bits per heavy atom. The number of rotatable bonds is 9. The van der Waals surface area contributed by atoms with Crippen LogP contribution in [0.4, 0.5) is 0 Å². The van der Waals surface area contributed by atoms with Gasteiger partial charge in [-0.15, -0.1) is 0 Å². The highest BCUT2D eigenvalue weighted by molar-refractivity contribution is 5.92. The number of aromatic nitrogens is 2. The number of nitrogens with one attached hydrogen (secondary N) is 1. The minimum atomic E-state index is -0.653. The van der Waals surface area contributed by atoms with Gasteiger partial charge in [-0.3, -0.25) is 14.5 Å². The van der Waals surface area contributed by atoms with Gasteiger partial charge in [-0.25, -0.2) is 9.97 Å². The van der Waals surface area contributed by atoms with E-state index >= 15 is 0 Å². The Kier molecular flexibility index (Phi) is 7.90. The van der Waals surface area contributed by atoms with Crippen LogP contribution < -0.4 is 5.32 Å². The number of carbonyl (C=O) groups excluding carboxylic acids is 2. The van der Waals surface area contributed by atoms with Gasteiger partial charge in [-0.1, -0.05) is 38.1 Å². The van der Waals surface area contributed by atoms with Gasteiger partial charge in [0.1, 0.15) is 12.0 Å². The van der Waals surface area contributed by atoms with E-state index in [1.165, 1.54) is 17.5 Å². The third kappa shape index (κ3) is 6.39. The van der Waals surface area contributed by atoms with Gasteiger partial charge in [-0.05, 0) is 41.9 Å². The van der Waals surface area contributed by atoms with Gasteiger partial charge in [0.05, 0.1) is 6.10 Å². The van der Waals surface area contributed by atoms with Crippen molar-refractivity contribution in [3.05, 3.63) is 59.2 Å². The number of nitrogens with zero attached hydrogens (tertiary/aromatic N) is 4. The second-order valence-electron chi connectivity index (χ2n) is 9.98. The van der Waals surface area contributed by atoms with Crippen molar-refractivity contribution in [1.29, 1.82) is 0 Å². The summed E-state index contributed by atoms with van der Waals surface area (Å²) < 4.78 is 0. The van der Waals surface area contributed by atoms with E-state index in [-0.39, 0.29) is 18.4 Å². The zero-order valence-electron chi connectivity index (χ0n) is 20.1. The molecule has 1 atom stereocenters. The van der Waals surface area contributed by atoms with Crippen molar-refractivity contribution >= 4 is 11.8 Å². The third-order valence-corrected chi connectivity index (χ3v) is 6.52. The van der Waals surface area contributed by atoms with E-state index in [1.807, 2.05) is 11.0 Å². The first-order valence-corrected chi connectivity index (χ1v) is 12.2. The Hall–Kier alpha value is -2.84. The molecule has 4 rings (SSSR count). The molecular formula is C26H35N5O3. The maximum atomic E-state index is 12.6. The second-order valence-corrected chi connectivity index (χ2v) is 9.98. The molecule has 8 heteroatoms. The van der Waals surface area contributed by atoms with Crippen LogP contribution >= 0.6 is 0 Å². The maximum absolute atomic E-state index is 12.6. The van der Waals surface area contributed by atoms with Crippen molar-refractivity contribution in [2.24, 2.45) is 11.8 Å². The van der Waals surface area contributed by atoms with Gasteiger partial charge in [0.15, 0.2) is 0 Å². The van der Waals surface area contributed by atoms with Crippen LogP contribution in [0, 0.1) is 11.8 Å². The quantitative estimate of drug-likeness (QED) is 0.585. The zero-order chi connectivity index (χ0) is 24.1. The summed E-state index contributed by atoms with van der Waals surface area (Å²) in [5.41, 5.74) is 3.78. The van der Waals surface area contributed by atoms with Crippen LogP contribution in [0.5, 0.6) is 0 Å². The number of hydrogen-bond donors (Lipinski definition) is 2. The van der Waals surface area contributed by atoms with Crippen molar-refractivity contribution in [3.8, 4) is 0 Å². The van der Waals surface area contributed by atoms with Gasteiger partial charge in [0.25, 0.3) is 5.91 Å². The van der Waals surface area contributed by atoms with E-state index in [0.717, 1.165) is 38.3 Å². The lowest BCUT2D eigenvalue weighted by Crippen LogP contribution is -2.51. The number of hydrogen-bond acceptors (Lipinski definition) is 6. The largest absolute Gasteiger partial charge is 0.390 e. The molecule has 2 N–H and O–H groups in total. The van der Waals surface area contributed by atoms with Crippen molar-refractivity contribution in [1.82, 2.24) is 25.1 Å². The Balaban J connectivity index is 1.20. The van der Waals surface area contributed by atoms with E-state index in [4.69, 9.17) is 0 Å². The molecule has 2 amide bonds. The first kappa shape index (κ1) is 24.3. The molecule has 3 heterocycles. The van der Waals surface area contributed by atoms with E-state index in [1.54, 1.807) is 6.07 Å². The summed E-state index contributed by atoms with van der Waals surface area (Å²) in [6.45, 7) is 7.98. The first-order valence-electron chi connectivity index (χ1n) is 12.2. The molecule has 2 aliphatic heterocycles. The highest BCUT2D eigenvalue weighted by atomic mass is 16.3. The molecule has 0 saturated carbocycles. The summed E-state index contributed by atoms with van der Waals surface area (Å²) in [5.74, 6) is 0.623. The van der Waals surface area contributed by atoms with Crippen LogP contribution in [0.15, 0.2) is 36.7 Å². The van der Waals surface area contributed by atoms with E-state index in [0.29, 0.717) is 36.9 Å². The number of likely N-dealkylation sites (tertiary alicyclic amines) is 1. The van der Waals surface area contributed by atoms with Crippen LogP contribution in [0.2, 0.25) is 0 Å². The van der Waals surface area contributed by atoms with Crippen LogP contribution in [0.3, 0.4) is 0 Å². The Morgan fingerprint density at radius 1 is 1.18 bits per heavy atom. The molecule has 1 aromatic carbocycles. The predicted molar refractivity (Wildman–Crippen MR) is 129 cm³/mol. The topological polar surface area (TPSA) is 98.7 Å². The smallest absolute Gasteiger partial charge is 0.270 e. The van der Waals surface area contributed by atoms with E-state index in [9.17, 15) is 14.7 Å². The number of amides is 2. The van der Waals surface area contributed by atoms with Crippen LogP contribution in [0.25, 0.3) is 0 Å². The molecule has 2 aromatic rings. The second kappa shape index (κ2) is 11.1. The van der Waals surface area contributed by atoms with Gasteiger partial charge in [-0.2, -0.15) is 0 Å². The van der Waals surface area contributed by atoms with Crippen LogP contribution in [-0.4, -0.2) is 75.5 Å². The van der Waals surface area contributed by atoms with Crippen molar-refractivity contribution < 1.29 is 14.7 Å². The number of fused-ring (bicyclic) bond motifs is 1. The summed E-state index contributed by atoms with van der Waals surface area (Å²) in [5, 5.41) is 13.3. The lowest BCUT2D eigenvalue weighted by molar-refractivity contribution is -0.138. The SMILES string of the molecule is CC(C)CC(=O)N1CC(Cc2cc(C(=O)NC[C@H](O)CN3CCc4ccccc4C3)ncn2)C1. The number of aliphatic hydroxyl groups is 1.